The van der Waals surface area contributed by atoms with Crippen molar-refractivity contribution in [2.45, 2.75) is 26.8 Å². The maximum absolute atomic E-state index is 12.1. The lowest BCUT2D eigenvalue weighted by Gasteiger charge is -2.34. The first kappa shape index (κ1) is 11.7. The molecule has 0 saturated heterocycles. The summed E-state index contributed by atoms with van der Waals surface area (Å²) in [5.74, 6) is 0.0978. The Bertz CT molecular complexity index is 479. The zero-order valence-corrected chi connectivity index (χ0v) is 10.6. The van der Waals surface area contributed by atoms with E-state index in [4.69, 9.17) is 0 Å². The van der Waals surface area contributed by atoms with Crippen molar-refractivity contribution in [3.8, 4) is 0 Å². The SMILES string of the molecule is C=CCN1C(=O)C(C)Nc2cc(C)c(C)cc21. The largest absolute Gasteiger partial charge is 0.372 e. The molecule has 1 amide bonds. The van der Waals surface area contributed by atoms with Crippen LogP contribution in [-0.2, 0) is 4.79 Å². The lowest BCUT2D eigenvalue weighted by atomic mass is 10.0. The molecule has 1 aliphatic heterocycles. The van der Waals surface area contributed by atoms with Crippen molar-refractivity contribution >= 4 is 17.3 Å². The highest BCUT2D eigenvalue weighted by atomic mass is 16.2. The van der Waals surface area contributed by atoms with Gasteiger partial charge in [-0.05, 0) is 44.0 Å². The Balaban J connectivity index is 2.53. The molecule has 1 aromatic carbocycles. The molecule has 1 heterocycles. The number of carbonyl (C=O) groups excluding carboxylic acids is 1. The van der Waals surface area contributed by atoms with Gasteiger partial charge in [-0.2, -0.15) is 0 Å². The fourth-order valence-corrected chi connectivity index (χ4v) is 2.10. The normalized spacial score (nSPS) is 18.6. The smallest absolute Gasteiger partial charge is 0.249 e. The number of nitrogens with zero attached hydrogens (tertiary/aromatic N) is 1. The van der Waals surface area contributed by atoms with Crippen molar-refractivity contribution in [3.63, 3.8) is 0 Å². The Kier molecular flexibility index (Phi) is 2.92. The fourth-order valence-electron chi connectivity index (χ4n) is 2.10. The van der Waals surface area contributed by atoms with Gasteiger partial charge in [0.1, 0.15) is 6.04 Å². The van der Waals surface area contributed by atoms with Crippen LogP contribution < -0.4 is 10.2 Å². The van der Waals surface area contributed by atoms with E-state index in [-0.39, 0.29) is 11.9 Å². The van der Waals surface area contributed by atoms with E-state index in [9.17, 15) is 4.79 Å². The molecule has 1 aromatic rings. The van der Waals surface area contributed by atoms with Gasteiger partial charge >= 0.3 is 0 Å². The van der Waals surface area contributed by atoms with Crippen LogP contribution in [0.4, 0.5) is 11.4 Å². The standard InChI is InChI=1S/C14H18N2O/c1-5-6-16-13-8-10(3)9(2)7-12(13)15-11(4)14(16)17/h5,7-8,11,15H,1,6H2,2-4H3. The molecule has 1 N–H and O–H groups in total. The number of carbonyl (C=O) groups is 1. The summed E-state index contributed by atoms with van der Waals surface area (Å²) in [5, 5.41) is 3.24. The summed E-state index contributed by atoms with van der Waals surface area (Å²) in [5.41, 5.74) is 4.41. The highest BCUT2D eigenvalue weighted by Crippen LogP contribution is 2.33. The van der Waals surface area contributed by atoms with Gasteiger partial charge in [0.25, 0.3) is 0 Å². The second-order valence-electron chi connectivity index (χ2n) is 4.56. The van der Waals surface area contributed by atoms with E-state index in [0.717, 1.165) is 11.4 Å². The Hall–Kier alpha value is -1.77. The van der Waals surface area contributed by atoms with Crippen molar-refractivity contribution in [1.82, 2.24) is 0 Å². The third-order valence-corrected chi connectivity index (χ3v) is 3.22. The summed E-state index contributed by atoms with van der Waals surface area (Å²) in [6.45, 7) is 10.3. The zero-order valence-electron chi connectivity index (χ0n) is 10.6. The fraction of sp³-hybridized carbons (Fsp3) is 0.357. The van der Waals surface area contributed by atoms with Gasteiger partial charge in [-0.1, -0.05) is 6.08 Å². The summed E-state index contributed by atoms with van der Waals surface area (Å²) in [6.07, 6.45) is 1.76. The van der Waals surface area contributed by atoms with Gasteiger partial charge in [0, 0.05) is 6.54 Å². The van der Waals surface area contributed by atoms with Crippen molar-refractivity contribution in [1.29, 1.82) is 0 Å². The van der Waals surface area contributed by atoms with Gasteiger partial charge < -0.3 is 10.2 Å². The van der Waals surface area contributed by atoms with Crippen LogP contribution in [0.5, 0.6) is 0 Å². The van der Waals surface area contributed by atoms with E-state index >= 15 is 0 Å². The van der Waals surface area contributed by atoms with E-state index in [1.54, 1.807) is 11.0 Å². The summed E-state index contributed by atoms with van der Waals surface area (Å²) in [6, 6.07) is 3.99. The van der Waals surface area contributed by atoms with Gasteiger partial charge in [0.2, 0.25) is 5.91 Å². The first-order valence-electron chi connectivity index (χ1n) is 5.84. The molecule has 0 spiro atoms. The Morgan fingerprint density at radius 2 is 2.06 bits per heavy atom. The maximum atomic E-state index is 12.1. The highest BCUT2D eigenvalue weighted by molar-refractivity contribution is 6.05. The first-order valence-corrected chi connectivity index (χ1v) is 5.84. The molecule has 0 radical (unpaired) electrons. The molecular weight excluding hydrogens is 212 g/mol. The van der Waals surface area contributed by atoms with E-state index in [1.807, 2.05) is 6.92 Å². The van der Waals surface area contributed by atoms with Gasteiger partial charge in [-0.25, -0.2) is 0 Å². The lowest BCUT2D eigenvalue weighted by molar-refractivity contribution is -0.119. The number of hydrogen-bond donors (Lipinski definition) is 1. The number of benzene rings is 1. The van der Waals surface area contributed by atoms with Crippen molar-refractivity contribution in [2.75, 3.05) is 16.8 Å². The van der Waals surface area contributed by atoms with Crippen LogP contribution in [0.15, 0.2) is 24.8 Å². The van der Waals surface area contributed by atoms with Crippen LogP contribution in [0.1, 0.15) is 18.1 Å². The predicted octanol–water partition coefficient (Wildman–Crippen LogP) is 2.64. The molecule has 90 valence electrons. The van der Waals surface area contributed by atoms with Crippen LogP contribution in [0.25, 0.3) is 0 Å². The molecule has 0 saturated carbocycles. The summed E-state index contributed by atoms with van der Waals surface area (Å²) < 4.78 is 0. The van der Waals surface area contributed by atoms with Crippen LogP contribution in [0, 0.1) is 13.8 Å². The minimum absolute atomic E-state index is 0.0978. The molecular formula is C14H18N2O. The molecule has 0 bridgehead atoms. The molecule has 1 aliphatic rings. The van der Waals surface area contributed by atoms with E-state index in [1.165, 1.54) is 11.1 Å². The molecule has 0 fully saturated rings. The number of amides is 1. The maximum Gasteiger partial charge on any atom is 0.249 e. The van der Waals surface area contributed by atoms with Crippen molar-refractivity contribution in [2.24, 2.45) is 0 Å². The Labute approximate surface area is 102 Å². The second-order valence-corrected chi connectivity index (χ2v) is 4.56. The van der Waals surface area contributed by atoms with E-state index in [0.29, 0.717) is 6.54 Å². The summed E-state index contributed by atoms with van der Waals surface area (Å²) >= 11 is 0. The summed E-state index contributed by atoms with van der Waals surface area (Å²) in [4.78, 5) is 13.9. The number of aryl methyl sites for hydroxylation is 2. The van der Waals surface area contributed by atoms with Crippen LogP contribution in [0.2, 0.25) is 0 Å². The van der Waals surface area contributed by atoms with Crippen LogP contribution in [-0.4, -0.2) is 18.5 Å². The average molecular weight is 230 g/mol. The predicted molar refractivity (Wildman–Crippen MR) is 71.6 cm³/mol. The van der Waals surface area contributed by atoms with E-state index in [2.05, 4.69) is 37.9 Å². The summed E-state index contributed by atoms with van der Waals surface area (Å²) in [7, 11) is 0. The molecule has 1 unspecified atom stereocenters. The second kappa shape index (κ2) is 4.24. The number of anilines is 2. The molecule has 0 aliphatic carbocycles. The molecule has 0 aromatic heterocycles. The molecule has 17 heavy (non-hydrogen) atoms. The average Bonchev–Trinajstić information content (AvgIpc) is 2.28. The zero-order chi connectivity index (χ0) is 12.6. The minimum Gasteiger partial charge on any atom is -0.372 e. The molecule has 2 rings (SSSR count). The highest BCUT2D eigenvalue weighted by Gasteiger charge is 2.28. The van der Waals surface area contributed by atoms with Crippen LogP contribution >= 0.6 is 0 Å². The minimum atomic E-state index is -0.176. The van der Waals surface area contributed by atoms with Gasteiger partial charge in [-0.3, -0.25) is 4.79 Å². The quantitative estimate of drug-likeness (QED) is 0.792. The number of nitrogens with one attached hydrogen (secondary N) is 1. The topological polar surface area (TPSA) is 32.3 Å². The third-order valence-electron chi connectivity index (χ3n) is 3.22. The van der Waals surface area contributed by atoms with Gasteiger partial charge in [0.05, 0.1) is 11.4 Å². The molecule has 1 atom stereocenters. The number of hydrogen-bond acceptors (Lipinski definition) is 2. The van der Waals surface area contributed by atoms with Crippen LogP contribution in [0.3, 0.4) is 0 Å². The van der Waals surface area contributed by atoms with Crippen molar-refractivity contribution in [3.05, 3.63) is 35.9 Å². The third kappa shape index (κ3) is 1.93. The lowest BCUT2D eigenvalue weighted by Crippen LogP contribution is -2.45. The van der Waals surface area contributed by atoms with E-state index < -0.39 is 0 Å². The number of fused-ring (bicyclic) bond motifs is 1. The molecule has 3 heteroatoms. The van der Waals surface area contributed by atoms with Gasteiger partial charge in [0.15, 0.2) is 0 Å². The van der Waals surface area contributed by atoms with Gasteiger partial charge in [-0.15, -0.1) is 6.58 Å². The Morgan fingerprint density at radius 1 is 1.41 bits per heavy atom. The number of rotatable bonds is 2. The van der Waals surface area contributed by atoms with Crippen molar-refractivity contribution < 1.29 is 4.79 Å². The monoisotopic (exact) mass is 230 g/mol. The molecule has 3 nitrogen and oxygen atoms in total. The Morgan fingerprint density at radius 3 is 2.71 bits per heavy atom. The first-order chi connectivity index (χ1) is 8.04.